The molecule has 0 aliphatic rings. The van der Waals surface area contributed by atoms with Crippen molar-refractivity contribution in [3.63, 3.8) is 0 Å². The molecule has 8 heteroatoms. The van der Waals surface area contributed by atoms with Crippen LogP contribution in [-0.4, -0.2) is 62.0 Å². The summed E-state index contributed by atoms with van der Waals surface area (Å²) in [6.07, 6.45) is 2.55. The van der Waals surface area contributed by atoms with Gasteiger partial charge in [-0.2, -0.15) is 8.78 Å². The fourth-order valence-electron chi connectivity index (χ4n) is 2.29. The zero-order chi connectivity index (χ0) is 19.7. The molecule has 1 aromatic carbocycles. The van der Waals surface area contributed by atoms with E-state index in [-0.39, 0.29) is 29.5 Å². The van der Waals surface area contributed by atoms with E-state index < -0.39 is 12.5 Å². The summed E-state index contributed by atoms with van der Waals surface area (Å²) in [4.78, 5) is 27.1. The SMILES string of the molecule is CCN(CC)C(=O)CN(C)C(=O)/C=C/c1cccc(OC)c1OC(F)F. The van der Waals surface area contributed by atoms with Crippen LogP contribution in [0.15, 0.2) is 24.3 Å². The maximum atomic E-state index is 12.6. The van der Waals surface area contributed by atoms with Gasteiger partial charge >= 0.3 is 6.61 Å². The van der Waals surface area contributed by atoms with E-state index >= 15 is 0 Å². The van der Waals surface area contributed by atoms with Gasteiger partial charge in [-0.25, -0.2) is 0 Å². The highest BCUT2D eigenvalue weighted by atomic mass is 19.3. The highest BCUT2D eigenvalue weighted by Crippen LogP contribution is 2.33. The van der Waals surface area contributed by atoms with Crippen molar-refractivity contribution in [1.29, 1.82) is 0 Å². The van der Waals surface area contributed by atoms with E-state index in [0.717, 1.165) is 0 Å². The van der Waals surface area contributed by atoms with Gasteiger partial charge in [0.2, 0.25) is 11.8 Å². The number of amides is 2. The first-order valence-corrected chi connectivity index (χ1v) is 8.16. The first kappa shape index (κ1) is 21.4. The number of ether oxygens (including phenoxy) is 2. The summed E-state index contributed by atoms with van der Waals surface area (Å²) < 4.78 is 34.7. The Morgan fingerprint density at radius 3 is 2.42 bits per heavy atom. The Labute approximate surface area is 152 Å². The van der Waals surface area contributed by atoms with Gasteiger partial charge in [0.05, 0.1) is 13.7 Å². The summed E-state index contributed by atoms with van der Waals surface area (Å²) >= 11 is 0. The molecule has 0 spiro atoms. The minimum absolute atomic E-state index is 0.0661. The monoisotopic (exact) mass is 370 g/mol. The lowest BCUT2D eigenvalue weighted by atomic mass is 10.1. The number of rotatable bonds is 9. The van der Waals surface area contributed by atoms with Crippen LogP contribution in [0.5, 0.6) is 11.5 Å². The van der Waals surface area contributed by atoms with E-state index in [1.807, 2.05) is 13.8 Å². The van der Waals surface area contributed by atoms with Gasteiger partial charge in [0.15, 0.2) is 11.5 Å². The van der Waals surface area contributed by atoms with Crippen molar-refractivity contribution in [3.8, 4) is 11.5 Å². The fraction of sp³-hybridized carbons (Fsp3) is 0.444. The molecule has 1 aromatic rings. The van der Waals surface area contributed by atoms with Crippen LogP contribution in [0, 0.1) is 0 Å². The zero-order valence-electron chi connectivity index (χ0n) is 15.4. The van der Waals surface area contributed by atoms with Crippen LogP contribution >= 0.6 is 0 Å². The number of alkyl halides is 2. The van der Waals surface area contributed by atoms with Gasteiger partial charge < -0.3 is 19.3 Å². The van der Waals surface area contributed by atoms with Crippen LogP contribution in [0.2, 0.25) is 0 Å². The minimum atomic E-state index is -3.02. The Hall–Kier alpha value is -2.64. The predicted octanol–water partition coefficient (Wildman–Crippen LogP) is 2.64. The number of hydrogen-bond acceptors (Lipinski definition) is 4. The Kier molecular flexibility index (Phi) is 8.54. The molecule has 0 heterocycles. The zero-order valence-corrected chi connectivity index (χ0v) is 15.4. The number of carbonyl (C=O) groups is 2. The molecule has 0 radical (unpaired) electrons. The molecule has 1 rings (SSSR count). The molecule has 26 heavy (non-hydrogen) atoms. The molecule has 0 saturated heterocycles. The molecule has 0 saturated carbocycles. The molecule has 0 aliphatic heterocycles. The molecular weight excluding hydrogens is 346 g/mol. The van der Waals surface area contributed by atoms with Gasteiger partial charge in [-0.1, -0.05) is 12.1 Å². The van der Waals surface area contributed by atoms with Gasteiger partial charge in [-0.05, 0) is 26.0 Å². The van der Waals surface area contributed by atoms with Gasteiger partial charge in [-0.15, -0.1) is 0 Å². The van der Waals surface area contributed by atoms with Crippen LogP contribution in [-0.2, 0) is 9.59 Å². The number of halogens is 2. The Morgan fingerprint density at radius 2 is 1.88 bits per heavy atom. The van der Waals surface area contributed by atoms with Gasteiger partial charge in [-0.3, -0.25) is 9.59 Å². The molecule has 0 aromatic heterocycles. The number of benzene rings is 1. The summed E-state index contributed by atoms with van der Waals surface area (Å²) in [5, 5.41) is 0. The number of carbonyl (C=O) groups excluding carboxylic acids is 2. The number of likely N-dealkylation sites (N-methyl/N-ethyl adjacent to an activating group) is 2. The molecule has 0 N–H and O–H groups in total. The average molecular weight is 370 g/mol. The molecule has 2 amide bonds. The smallest absolute Gasteiger partial charge is 0.387 e. The molecule has 0 atom stereocenters. The summed E-state index contributed by atoms with van der Waals surface area (Å²) in [7, 11) is 2.83. The lowest BCUT2D eigenvalue weighted by Crippen LogP contribution is -2.40. The summed E-state index contributed by atoms with van der Waals surface area (Å²) in [5.74, 6) is -0.625. The fourth-order valence-corrected chi connectivity index (χ4v) is 2.29. The van der Waals surface area contributed by atoms with Crippen LogP contribution < -0.4 is 9.47 Å². The molecule has 0 bridgehead atoms. The first-order valence-electron chi connectivity index (χ1n) is 8.16. The molecule has 0 aliphatic carbocycles. The Bertz CT molecular complexity index is 646. The average Bonchev–Trinajstić information content (AvgIpc) is 2.60. The third-order valence-electron chi connectivity index (χ3n) is 3.71. The van der Waals surface area contributed by atoms with Crippen molar-refractivity contribution < 1.29 is 27.8 Å². The summed E-state index contributed by atoms with van der Waals surface area (Å²) in [5.41, 5.74) is 0.265. The topological polar surface area (TPSA) is 59.1 Å². The Morgan fingerprint density at radius 1 is 1.23 bits per heavy atom. The second kappa shape index (κ2) is 10.4. The number of nitrogens with zero attached hydrogens (tertiary/aromatic N) is 2. The standard InChI is InChI=1S/C18H24F2N2O4/c1-5-22(6-2)16(24)12-21(3)15(23)11-10-13-8-7-9-14(25-4)17(13)26-18(19)20/h7-11,18H,5-6,12H2,1-4H3/b11-10+. The van der Waals surface area contributed by atoms with Crippen molar-refractivity contribution in [2.75, 3.05) is 33.8 Å². The van der Waals surface area contributed by atoms with Crippen LogP contribution in [0.1, 0.15) is 19.4 Å². The van der Waals surface area contributed by atoms with Crippen LogP contribution in [0.3, 0.4) is 0 Å². The van der Waals surface area contributed by atoms with E-state index in [0.29, 0.717) is 13.1 Å². The highest BCUT2D eigenvalue weighted by Gasteiger charge is 2.16. The van der Waals surface area contributed by atoms with Gasteiger partial charge in [0.1, 0.15) is 0 Å². The Balaban J connectivity index is 2.89. The number of hydrogen-bond donors (Lipinski definition) is 0. The third kappa shape index (κ3) is 6.02. The summed E-state index contributed by atoms with van der Waals surface area (Å²) in [6.45, 7) is 1.75. The molecule has 0 fully saturated rings. The minimum Gasteiger partial charge on any atom is -0.493 e. The van der Waals surface area contributed by atoms with Crippen molar-refractivity contribution in [1.82, 2.24) is 9.80 Å². The second-order valence-corrected chi connectivity index (χ2v) is 5.35. The predicted molar refractivity (Wildman–Crippen MR) is 94.2 cm³/mol. The molecule has 0 unspecified atom stereocenters. The summed E-state index contributed by atoms with van der Waals surface area (Å²) in [6, 6.07) is 4.59. The quantitative estimate of drug-likeness (QED) is 0.627. The van der Waals surface area contributed by atoms with Crippen molar-refractivity contribution in [3.05, 3.63) is 29.8 Å². The highest BCUT2D eigenvalue weighted by molar-refractivity contribution is 5.94. The number of para-hydroxylation sites is 1. The maximum absolute atomic E-state index is 12.6. The molecule has 6 nitrogen and oxygen atoms in total. The molecular formula is C18H24F2N2O4. The van der Waals surface area contributed by atoms with Crippen LogP contribution in [0.25, 0.3) is 6.08 Å². The van der Waals surface area contributed by atoms with Crippen LogP contribution in [0.4, 0.5) is 8.78 Å². The first-order chi connectivity index (χ1) is 12.3. The normalized spacial score (nSPS) is 10.9. The van der Waals surface area contributed by atoms with Crippen molar-refractivity contribution >= 4 is 17.9 Å². The largest absolute Gasteiger partial charge is 0.493 e. The van der Waals surface area contributed by atoms with E-state index in [1.54, 1.807) is 11.0 Å². The maximum Gasteiger partial charge on any atom is 0.387 e. The van der Waals surface area contributed by atoms with E-state index in [1.165, 1.54) is 43.3 Å². The van der Waals surface area contributed by atoms with Crippen molar-refractivity contribution in [2.45, 2.75) is 20.5 Å². The van der Waals surface area contributed by atoms with Crippen molar-refractivity contribution in [2.24, 2.45) is 0 Å². The third-order valence-corrected chi connectivity index (χ3v) is 3.71. The van der Waals surface area contributed by atoms with Gasteiger partial charge in [0, 0.05) is 31.8 Å². The number of methoxy groups -OCH3 is 1. The van der Waals surface area contributed by atoms with Gasteiger partial charge in [0.25, 0.3) is 0 Å². The molecule has 144 valence electrons. The van der Waals surface area contributed by atoms with E-state index in [4.69, 9.17) is 4.74 Å². The van der Waals surface area contributed by atoms with E-state index in [9.17, 15) is 18.4 Å². The lowest BCUT2D eigenvalue weighted by Gasteiger charge is -2.22. The van der Waals surface area contributed by atoms with E-state index in [2.05, 4.69) is 4.74 Å². The second-order valence-electron chi connectivity index (χ2n) is 5.35. The lowest BCUT2D eigenvalue weighted by molar-refractivity contribution is -0.136.